The largest absolute Gasteiger partial charge is 0.477 e. The minimum atomic E-state index is -2.93. The second-order valence-electron chi connectivity index (χ2n) is 28.6. The van der Waals surface area contributed by atoms with Gasteiger partial charge in [0, 0.05) is 30.1 Å². The van der Waals surface area contributed by atoms with Crippen LogP contribution < -0.4 is 5.73 Å². The fourth-order valence-corrected chi connectivity index (χ4v) is 14.4. The Morgan fingerprint density at radius 2 is 0.755 bits per heavy atom. The maximum atomic E-state index is 12.8. The molecule has 46 atom stereocenters. The highest BCUT2D eigenvalue weighted by atomic mass is 16.8. The summed E-state index contributed by atoms with van der Waals surface area (Å²) in [5, 5.41) is 275. The molecule has 0 saturated carbocycles. The van der Waals surface area contributed by atoms with Gasteiger partial charge in [-0.05, 0) is 6.92 Å². The number of aliphatic hydroxyl groups is 24. The van der Waals surface area contributed by atoms with Crippen LogP contribution in [0.25, 0.3) is 0 Å². The first-order chi connectivity index (χ1) is 50.1. The Balaban J connectivity index is 0.963. The molecule has 106 heavy (non-hydrogen) atoms. The number of hydrogen-bond donors (Lipinski definition) is 26. The zero-order valence-electron chi connectivity index (χ0n) is 58.2. The van der Waals surface area contributed by atoms with Gasteiger partial charge in [-0.25, -0.2) is 4.79 Å². The van der Waals surface area contributed by atoms with Crippen LogP contribution >= 0.6 is 0 Å². The van der Waals surface area contributed by atoms with Crippen LogP contribution in [0.1, 0.15) is 41.0 Å². The first kappa shape index (κ1) is 87.8. The molecule has 9 aliphatic heterocycles. The van der Waals surface area contributed by atoms with Gasteiger partial charge in [0.05, 0.1) is 102 Å². The third-order valence-electron chi connectivity index (χ3n) is 21.5. The summed E-state index contributed by atoms with van der Waals surface area (Å²) in [5.74, 6) is -9.13. The van der Waals surface area contributed by atoms with Crippen LogP contribution in [0.5, 0.6) is 0 Å². The van der Waals surface area contributed by atoms with Crippen molar-refractivity contribution in [1.82, 2.24) is 0 Å². The fourth-order valence-electron chi connectivity index (χ4n) is 14.4. The summed E-state index contributed by atoms with van der Waals surface area (Å²) >= 11 is 0. The number of rotatable bonds is 28. The molecule has 9 aliphatic rings. The van der Waals surface area contributed by atoms with Crippen molar-refractivity contribution in [3.63, 3.8) is 0 Å². The summed E-state index contributed by atoms with van der Waals surface area (Å²) in [6, 6.07) is -1.55. The molecule has 44 heteroatoms. The van der Waals surface area contributed by atoms with Crippen LogP contribution in [0, 0.1) is 23.7 Å². The molecule has 0 bridgehead atoms. The Morgan fingerprint density at radius 3 is 1.24 bits per heavy atom. The van der Waals surface area contributed by atoms with E-state index in [1.807, 2.05) is 0 Å². The van der Waals surface area contributed by atoms with Crippen LogP contribution in [0.3, 0.4) is 0 Å². The predicted molar refractivity (Wildman–Crippen MR) is 332 cm³/mol. The van der Waals surface area contributed by atoms with E-state index < -0.39 is 353 Å². The van der Waals surface area contributed by atoms with Crippen molar-refractivity contribution >= 4 is 5.97 Å². The summed E-state index contributed by atoms with van der Waals surface area (Å²) in [7, 11) is 0. The zero-order valence-corrected chi connectivity index (χ0v) is 58.2. The van der Waals surface area contributed by atoms with Crippen LogP contribution in [0.2, 0.25) is 0 Å². The molecule has 0 aliphatic carbocycles. The van der Waals surface area contributed by atoms with Gasteiger partial charge >= 0.3 is 5.97 Å². The van der Waals surface area contributed by atoms with Crippen LogP contribution in [0.15, 0.2) is 0 Å². The monoisotopic (exact) mass is 1550 g/mol. The minimum Gasteiger partial charge on any atom is -0.477 e. The average Bonchev–Trinajstić information content (AvgIpc) is 0.778. The highest BCUT2D eigenvalue weighted by Gasteiger charge is 2.61. The molecule has 44 nitrogen and oxygen atoms in total. The van der Waals surface area contributed by atoms with E-state index in [9.17, 15) is 132 Å². The van der Waals surface area contributed by atoms with E-state index in [1.54, 1.807) is 13.8 Å². The smallest absolute Gasteiger partial charge is 0.364 e. The van der Waals surface area contributed by atoms with Crippen molar-refractivity contribution in [3.05, 3.63) is 0 Å². The standard InChI is InChI=1S/C62H107NO43/c1-16-20(5)92-26(11-68)47(33(16)74)100-55-18(3)34(75)49(28(13-70)96-55)102-58-46(87)51(41(82)29(98-58)14-90-59-52(43(84)38(79)24(9-66)94-59)104-54-17(2)32(73)37(78)23(8-65)93-54)103-60-53(44(85)39(80)25(10-67)95-60)105-56-19(4)35(76)48(27(12-69)97-56)101-57-45(86)42(83)40(81)30(99-57)15-91-62(61(88)89)6-21(71)31(63)50(106-62)36(77)22(72)7-64/h16-60,64-87H,6-15,63H2,1-5H3,(H,88,89)/t16?,17?,18?,19-,20-,21+,22+,23-,24?,25+,26?,27?,28?,29?,30?,31+,32?,33+,34+,35?,36+,37+,38+,39+,40-,41+,42?,43?,44?,45-,46?,47+,48+,49+,50?,51?,52+,53?,54-,55-,56-,57-,58-,59-,60+,62+/m0/s1. The number of hydrogen-bond acceptors (Lipinski definition) is 43. The molecule has 9 saturated heterocycles. The Bertz CT molecular complexity index is 2690. The van der Waals surface area contributed by atoms with Gasteiger partial charge in [-0.3, -0.25) is 0 Å². The van der Waals surface area contributed by atoms with Crippen molar-refractivity contribution in [2.75, 3.05) is 59.5 Å². The Labute approximate surface area is 604 Å². The van der Waals surface area contributed by atoms with Crippen molar-refractivity contribution < 1.29 is 213 Å². The highest BCUT2D eigenvalue weighted by molar-refractivity contribution is 5.76. The number of carbonyl (C=O) groups is 1. The molecule has 0 aromatic carbocycles. The zero-order chi connectivity index (χ0) is 78.1. The van der Waals surface area contributed by atoms with E-state index in [1.165, 1.54) is 20.8 Å². The van der Waals surface area contributed by atoms with Crippen LogP contribution in [-0.4, -0.2) is 450 Å². The topological polar surface area (TPSA) is 706 Å². The second kappa shape index (κ2) is 37.4. The number of nitrogens with two attached hydrogens (primary N) is 1. The lowest BCUT2D eigenvalue weighted by molar-refractivity contribution is -0.402. The van der Waals surface area contributed by atoms with Gasteiger partial charge < -0.3 is 214 Å². The van der Waals surface area contributed by atoms with Crippen molar-refractivity contribution in [2.45, 2.75) is 298 Å². The van der Waals surface area contributed by atoms with Crippen LogP contribution in [0.4, 0.5) is 0 Å². The molecule has 9 rings (SSSR count). The first-order valence-corrected chi connectivity index (χ1v) is 35.0. The Kier molecular flexibility index (Phi) is 30.9. The van der Waals surface area contributed by atoms with Gasteiger partial charge in [-0.2, -0.15) is 0 Å². The van der Waals surface area contributed by atoms with E-state index in [4.69, 9.17) is 86.3 Å². The van der Waals surface area contributed by atoms with Crippen molar-refractivity contribution in [3.8, 4) is 0 Å². The lowest BCUT2D eigenvalue weighted by atomic mass is 9.88. The number of carboxylic acids is 1. The highest BCUT2D eigenvalue weighted by Crippen LogP contribution is 2.42. The number of ether oxygens (including phenoxy) is 17. The Morgan fingerprint density at radius 1 is 0.387 bits per heavy atom. The number of aliphatic carboxylic acids is 1. The lowest BCUT2D eigenvalue weighted by Gasteiger charge is -2.51. The minimum absolute atomic E-state index is 0.530. The molecular formula is C62H107NO43. The van der Waals surface area contributed by atoms with Gasteiger partial charge in [0.1, 0.15) is 165 Å². The molecule has 0 amide bonds. The summed E-state index contributed by atoms with van der Waals surface area (Å²) in [6.45, 7) is -1.28. The van der Waals surface area contributed by atoms with Gasteiger partial charge in [0.15, 0.2) is 44.0 Å². The molecule has 618 valence electrons. The lowest BCUT2D eigenvalue weighted by Crippen LogP contribution is -2.68. The summed E-state index contributed by atoms with van der Waals surface area (Å²) in [4.78, 5) is 12.8. The number of aliphatic hydroxyl groups excluding tert-OH is 24. The predicted octanol–water partition coefficient (Wildman–Crippen LogP) is -15.3. The third kappa shape index (κ3) is 18.1. The van der Waals surface area contributed by atoms with E-state index >= 15 is 0 Å². The maximum absolute atomic E-state index is 12.8. The third-order valence-corrected chi connectivity index (χ3v) is 21.5. The molecule has 18 unspecified atom stereocenters. The van der Waals surface area contributed by atoms with E-state index in [-0.39, 0.29) is 0 Å². The molecule has 0 aromatic rings. The maximum Gasteiger partial charge on any atom is 0.364 e. The summed E-state index contributed by atoms with van der Waals surface area (Å²) in [5.41, 5.74) is 5.95. The first-order valence-electron chi connectivity index (χ1n) is 35.0. The van der Waals surface area contributed by atoms with Gasteiger partial charge in [-0.15, -0.1) is 0 Å². The second-order valence-corrected chi connectivity index (χ2v) is 28.6. The van der Waals surface area contributed by atoms with E-state index in [2.05, 4.69) is 0 Å². The molecule has 0 radical (unpaired) electrons. The SMILES string of the molecule is CC1C(O)[C@H](O)[C@H](CO)O[C@H]1O[C@@H]1C(O)[C@H](O)C(CO)O[C@@H]1OCC1O[C@@H](O[C@@H]2C(CO)O[C@@H](O[C@@H]3C(CO)O[C@@H](C)C(C)[C@H]3O)C(C)[C@H]2O)C(O)C(O[C@H]2O[C@H](CO)[C@@H](O)C(O)C2O[C@@H]2OC(CO)[C@@H](O[C@@H]3OC(CO[C@]4(C(=O)O)C[C@@H](O)[C@@H](N)C([C@H](O)[C@H](O)CO)O4)[C@H](O)C(O)[C@@H]3O)C(O)[C@@H]2C)[C@@H]1O. The summed E-state index contributed by atoms with van der Waals surface area (Å²) in [6.07, 6.45) is -74.4. The normalized spacial score (nSPS) is 51.9. The average molecular weight is 1550 g/mol. The van der Waals surface area contributed by atoms with Gasteiger partial charge in [-0.1, -0.05) is 27.7 Å². The number of carboxylic acid groups (broad SMARTS) is 1. The van der Waals surface area contributed by atoms with Crippen molar-refractivity contribution in [2.24, 2.45) is 29.4 Å². The molecule has 0 aromatic heterocycles. The summed E-state index contributed by atoms with van der Waals surface area (Å²) < 4.78 is 101. The van der Waals surface area contributed by atoms with Crippen LogP contribution in [-0.2, 0) is 85.3 Å². The van der Waals surface area contributed by atoms with E-state index in [0.717, 1.165) is 0 Å². The molecular weight excluding hydrogens is 1450 g/mol. The molecule has 0 spiro atoms. The quantitative estimate of drug-likeness (QED) is 0.0346. The fraction of sp³-hybridized carbons (Fsp3) is 0.984. The molecule has 9 fully saturated rings. The van der Waals surface area contributed by atoms with Gasteiger partial charge in [0.2, 0.25) is 0 Å². The van der Waals surface area contributed by atoms with Crippen molar-refractivity contribution in [1.29, 1.82) is 0 Å². The van der Waals surface area contributed by atoms with E-state index in [0.29, 0.717) is 0 Å². The van der Waals surface area contributed by atoms with Gasteiger partial charge in [0.25, 0.3) is 5.79 Å². The molecule has 27 N–H and O–H groups in total. The Hall–Kier alpha value is -2.21. The molecule has 9 heterocycles.